The fourth-order valence-electron chi connectivity index (χ4n) is 1.95. The maximum absolute atomic E-state index is 11.7. The van der Waals surface area contributed by atoms with Crippen LogP contribution >= 0.6 is 11.6 Å². The Morgan fingerprint density at radius 3 is 2.82 bits per heavy atom. The zero-order valence-corrected chi connectivity index (χ0v) is 9.41. The first-order chi connectivity index (χ1) is 8.16. The third-order valence-electron chi connectivity index (χ3n) is 2.81. The van der Waals surface area contributed by atoms with Crippen molar-refractivity contribution < 1.29 is 9.59 Å². The van der Waals surface area contributed by atoms with Crippen LogP contribution in [0.5, 0.6) is 0 Å². The molecule has 0 amide bonds. The summed E-state index contributed by atoms with van der Waals surface area (Å²) in [6.07, 6.45) is 9.22. The number of carbonyl (C=O) groups excluding carboxylic acids is 2. The Bertz CT molecular complexity index is 736. The molecule has 1 radical (unpaired) electrons. The molecule has 17 heavy (non-hydrogen) atoms. The molecule has 2 aliphatic rings. The first kappa shape index (κ1) is 10.2. The average molecular weight is 242 g/mol. The standard InChI is InChI=1S/C14H6ClO2/c15-14-11-7-10-8(2-1-3-12(10)16)6-9(11)4-5-13(14)17/h1-4,6-7H. The third kappa shape index (κ3) is 1.49. The number of fused-ring (bicyclic) bond motifs is 2. The molecule has 0 aliphatic heterocycles. The molecule has 0 saturated carbocycles. The second-order valence-corrected chi connectivity index (χ2v) is 4.23. The van der Waals surface area contributed by atoms with Crippen molar-refractivity contribution in [1.82, 2.24) is 0 Å². The van der Waals surface area contributed by atoms with Gasteiger partial charge in [0.05, 0.1) is 5.03 Å². The van der Waals surface area contributed by atoms with Crippen molar-refractivity contribution in [3.63, 3.8) is 0 Å². The molecular formula is C14H6ClO2. The highest BCUT2D eigenvalue weighted by Crippen LogP contribution is 2.12. The zero-order valence-electron chi connectivity index (χ0n) is 8.66. The van der Waals surface area contributed by atoms with Gasteiger partial charge in [-0.15, -0.1) is 0 Å². The number of carbonyl (C=O) groups is 2. The van der Waals surface area contributed by atoms with Crippen LogP contribution in [-0.2, 0) is 4.79 Å². The predicted molar refractivity (Wildman–Crippen MR) is 65.6 cm³/mol. The van der Waals surface area contributed by atoms with Crippen LogP contribution in [0.1, 0.15) is 15.9 Å². The van der Waals surface area contributed by atoms with E-state index in [1.807, 2.05) is 12.1 Å². The Kier molecular flexibility index (Phi) is 2.13. The number of allylic oxidation sites excluding steroid dienone is 3. The van der Waals surface area contributed by atoms with E-state index in [0.29, 0.717) is 10.8 Å². The summed E-state index contributed by atoms with van der Waals surface area (Å²) in [4.78, 5) is 23.1. The lowest BCUT2D eigenvalue weighted by Crippen LogP contribution is -2.26. The van der Waals surface area contributed by atoms with Crippen LogP contribution in [-0.4, -0.2) is 11.6 Å². The molecule has 81 valence electrons. The van der Waals surface area contributed by atoms with Crippen molar-refractivity contribution in [2.24, 2.45) is 0 Å². The lowest BCUT2D eigenvalue weighted by Gasteiger charge is -2.08. The fraction of sp³-hybridized carbons (Fsp3) is 0. The Balaban J connectivity index is 2.46. The lowest BCUT2D eigenvalue weighted by molar-refractivity contribution is -0.110. The van der Waals surface area contributed by atoms with Gasteiger partial charge in [0.25, 0.3) is 0 Å². The van der Waals surface area contributed by atoms with Crippen molar-refractivity contribution >= 4 is 40.4 Å². The van der Waals surface area contributed by atoms with E-state index >= 15 is 0 Å². The molecule has 0 N–H and O–H groups in total. The van der Waals surface area contributed by atoms with E-state index in [0.717, 1.165) is 10.8 Å². The van der Waals surface area contributed by atoms with Crippen LogP contribution in [0.15, 0.2) is 24.3 Å². The molecule has 0 unspecified atom stereocenters. The van der Waals surface area contributed by atoms with Gasteiger partial charge < -0.3 is 0 Å². The molecule has 0 saturated heterocycles. The number of Topliss-reactive ketones (excluding diaryl/α,β-unsaturated/α-hetero) is 1. The van der Waals surface area contributed by atoms with Gasteiger partial charge in [0.2, 0.25) is 5.78 Å². The summed E-state index contributed by atoms with van der Waals surface area (Å²) in [5.74, 6) is -0.414. The predicted octanol–water partition coefficient (Wildman–Crippen LogP) is 0.966. The van der Waals surface area contributed by atoms with E-state index in [1.54, 1.807) is 18.2 Å². The molecule has 0 aromatic heterocycles. The summed E-state index contributed by atoms with van der Waals surface area (Å²) >= 11 is 5.93. The lowest BCUT2D eigenvalue weighted by atomic mass is 9.96. The van der Waals surface area contributed by atoms with Gasteiger partial charge in [-0.05, 0) is 35.1 Å². The van der Waals surface area contributed by atoms with E-state index in [4.69, 9.17) is 11.6 Å². The van der Waals surface area contributed by atoms with Gasteiger partial charge in [0.1, 0.15) is 0 Å². The van der Waals surface area contributed by atoms with Crippen LogP contribution in [0, 0.1) is 6.08 Å². The molecule has 3 rings (SSSR count). The number of benzene rings is 1. The Hall–Kier alpha value is -1.93. The van der Waals surface area contributed by atoms with Gasteiger partial charge in [-0.25, -0.2) is 0 Å². The Morgan fingerprint density at radius 2 is 2.00 bits per heavy atom. The van der Waals surface area contributed by atoms with Gasteiger partial charge in [-0.2, -0.15) is 0 Å². The van der Waals surface area contributed by atoms with Crippen LogP contribution in [0.25, 0.3) is 17.2 Å². The Morgan fingerprint density at radius 1 is 1.18 bits per heavy atom. The van der Waals surface area contributed by atoms with Crippen LogP contribution in [0.2, 0.25) is 0 Å². The SMILES string of the molecule is O=C1[C]=Cc2cc3c(cc2=C1Cl)C(=O)C=CC=3. The van der Waals surface area contributed by atoms with Crippen molar-refractivity contribution in [2.45, 2.75) is 0 Å². The van der Waals surface area contributed by atoms with E-state index in [1.165, 1.54) is 6.08 Å². The smallest absolute Gasteiger partial charge is 0.205 e. The molecule has 0 atom stereocenters. The number of ketones is 2. The normalized spacial score (nSPS) is 16.6. The fourth-order valence-corrected chi connectivity index (χ4v) is 2.17. The second-order valence-electron chi connectivity index (χ2n) is 3.85. The highest BCUT2D eigenvalue weighted by Gasteiger charge is 2.15. The molecule has 1 aromatic carbocycles. The number of halogens is 1. The summed E-state index contributed by atoms with van der Waals surface area (Å²) in [7, 11) is 0. The molecule has 0 bridgehead atoms. The van der Waals surface area contributed by atoms with Crippen molar-refractivity contribution in [2.75, 3.05) is 0 Å². The summed E-state index contributed by atoms with van der Waals surface area (Å²) in [6, 6.07) is 3.51. The average Bonchev–Trinajstić information content (AvgIpc) is 2.33. The minimum atomic E-state index is -0.345. The molecule has 0 spiro atoms. The van der Waals surface area contributed by atoms with Crippen molar-refractivity contribution in [3.05, 3.63) is 51.9 Å². The van der Waals surface area contributed by atoms with E-state index in [-0.39, 0.29) is 16.6 Å². The van der Waals surface area contributed by atoms with Crippen LogP contribution in [0.4, 0.5) is 0 Å². The van der Waals surface area contributed by atoms with Crippen molar-refractivity contribution in [1.29, 1.82) is 0 Å². The molecule has 0 fully saturated rings. The maximum atomic E-state index is 11.7. The van der Waals surface area contributed by atoms with Gasteiger partial charge in [-0.1, -0.05) is 23.8 Å². The summed E-state index contributed by atoms with van der Waals surface area (Å²) in [5.41, 5.74) is 1.39. The van der Waals surface area contributed by atoms with E-state index in [9.17, 15) is 9.59 Å². The quantitative estimate of drug-likeness (QED) is 0.678. The molecule has 0 heterocycles. The number of rotatable bonds is 0. The van der Waals surface area contributed by atoms with Gasteiger partial charge in [0.15, 0.2) is 5.78 Å². The monoisotopic (exact) mass is 241 g/mol. The maximum Gasteiger partial charge on any atom is 0.205 e. The zero-order chi connectivity index (χ0) is 12.0. The van der Waals surface area contributed by atoms with Crippen LogP contribution < -0.4 is 10.4 Å². The minimum Gasteiger partial charge on any atom is -0.289 e. The molecule has 3 heteroatoms. The molecule has 1 aromatic rings. The summed E-state index contributed by atoms with van der Waals surface area (Å²) in [5, 5.41) is 1.56. The van der Waals surface area contributed by atoms with Gasteiger partial charge in [0, 0.05) is 16.9 Å². The minimum absolute atomic E-state index is 0.0688. The highest BCUT2D eigenvalue weighted by atomic mass is 35.5. The van der Waals surface area contributed by atoms with E-state index < -0.39 is 0 Å². The highest BCUT2D eigenvalue weighted by molar-refractivity contribution is 6.62. The van der Waals surface area contributed by atoms with Gasteiger partial charge >= 0.3 is 0 Å². The molecule has 2 nitrogen and oxygen atoms in total. The largest absolute Gasteiger partial charge is 0.289 e. The summed E-state index contributed by atoms with van der Waals surface area (Å²) in [6.45, 7) is 0. The summed E-state index contributed by atoms with van der Waals surface area (Å²) < 4.78 is 0. The third-order valence-corrected chi connectivity index (χ3v) is 3.18. The second kappa shape index (κ2) is 3.54. The number of hydrogen-bond donors (Lipinski definition) is 0. The molecular weight excluding hydrogens is 236 g/mol. The van der Waals surface area contributed by atoms with E-state index in [2.05, 4.69) is 6.08 Å². The molecule has 2 aliphatic carbocycles. The van der Waals surface area contributed by atoms with Crippen LogP contribution in [0.3, 0.4) is 0 Å². The Labute approximate surface area is 102 Å². The topological polar surface area (TPSA) is 34.1 Å². The van der Waals surface area contributed by atoms with Gasteiger partial charge in [-0.3, -0.25) is 9.59 Å². The first-order valence-corrected chi connectivity index (χ1v) is 5.45. The number of hydrogen-bond acceptors (Lipinski definition) is 2. The van der Waals surface area contributed by atoms with Crippen molar-refractivity contribution in [3.8, 4) is 0 Å². The first-order valence-electron chi connectivity index (χ1n) is 5.07.